The van der Waals surface area contributed by atoms with E-state index in [1.165, 1.54) is 12.3 Å². The van der Waals surface area contributed by atoms with Gasteiger partial charge >= 0.3 is 5.97 Å². The van der Waals surface area contributed by atoms with E-state index in [-0.39, 0.29) is 30.5 Å². The van der Waals surface area contributed by atoms with Gasteiger partial charge in [0.2, 0.25) is 0 Å². The van der Waals surface area contributed by atoms with Crippen molar-refractivity contribution >= 4 is 30.8 Å². The van der Waals surface area contributed by atoms with Crippen LogP contribution >= 0.6 is 24.8 Å². The predicted molar refractivity (Wildman–Crippen MR) is 67.6 cm³/mol. The Kier molecular flexibility index (Phi) is 5.64. The van der Waals surface area contributed by atoms with Crippen LogP contribution < -0.4 is 0 Å². The molecule has 0 aromatic carbocycles. The van der Waals surface area contributed by atoms with Gasteiger partial charge in [-0.25, -0.2) is 14.8 Å². The number of aromatic carboxylic acids is 1. The van der Waals surface area contributed by atoms with Crippen molar-refractivity contribution in [2.75, 3.05) is 0 Å². The molecule has 0 saturated heterocycles. The smallest absolute Gasteiger partial charge is 0.354 e. The maximum atomic E-state index is 10.7. The summed E-state index contributed by atoms with van der Waals surface area (Å²) >= 11 is 0. The van der Waals surface area contributed by atoms with E-state index in [9.17, 15) is 4.79 Å². The molecule has 0 aliphatic carbocycles. The van der Waals surface area contributed by atoms with E-state index < -0.39 is 5.97 Å². The molecule has 2 rings (SSSR count). The molecule has 0 bridgehead atoms. The van der Waals surface area contributed by atoms with Crippen LogP contribution in [0.4, 0.5) is 0 Å². The standard InChI is InChI=1S/C10H9N3O2.2ClH/c1-7-11-4-5-13(7)8-2-3-12-9(6-8)10(14)15;;/h2-6H,1H3,(H,14,15);2*1H. The number of hydrogen-bond donors (Lipinski definition) is 1. The quantitative estimate of drug-likeness (QED) is 0.912. The summed E-state index contributed by atoms with van der Waals surface area (Å²) < 4.78 is 1.80. The number of carbonyl (C=O) groups is 1. The van der Waals surface area contributed by atoms with Crippen molar-refractivity contribution in [2.45, 2.75) is 6.92 Å². The summed E-state index contributed by atoms with van der Waals surface area (Å²) in [4.78, 5) is 18.5. The van der Waals surface area contributed by atoms with Gasteiger partial charge in [0.1, 0.15) is 11.5 Å². The molecule has 7 heteroatoms. The van der Waals surface area contributed by atoms with Crippen LogP contribution in [-0.4, -0.2) is 25.6 Å². The third-order valence-electron chi connectivity index (χ3n) is 2.07. The zero-order valence-corrected chi connectivity index (χ0v) is 10.5. The molecule has 0 unspecified atom stereocenters. The maximum absolute atomic E-state index is 10.7. The summed E-state index contributed by atoms with van der Waals surface area (Å²) in [7, 11) is 0. The van der Waals surface area contributed by atoms with E-state index in [1.807, 2.05) is 6.92 Å². The van der Waals surface area contributed by atoms with Crippen molar-refractivity contribution in [1.29, 1.82) is 0 Å². The van der Waals surface area contributed by atoms with Gasteiger partial charge in [-0.05, 0) is 19.1 Å². The van der Waals surface area contributed by atoms with Crippen LogP contribution in [0.25, 0.3) is 5.69 Å². The van der Waals surface area contributed by atoms with Gasteiger partial charge in [0, 0.05) is 18.6 Å². The van der Waals surface area contributed by atoms with E-state index in [0.29, 0.717) is 0 Å². The molecule has 0 aliphatic heterocycles. The Morgan fingerprint density at radius 2 is 2.00 bits per heavy atom. The lowest BCUT2D eigenvalue weighted by Crippen LogP contribution is -2.03. The van der Waals surface area contributed by atoms with Crippen LogP contribution in [0.3, 0.4) is 0 Å². The van der Waals surface area contributed by atoms with Gasteiger partial charge in [-0.15, -0.1) is 24.8 Å². The second-order valence-electron chi connectivity index (χ2n) is 3.05. The van der Waals surface area contributed by atoms with Gasteiger partial charge in [-0.1, -0.05) is 0 Å². The van der Waals surface area contributed by atoms with Crippen molar-refractivity contribution in [1.82, 2.24) is 14.5 Å². The molecule has 0 aliphatic rings. The minimum Gasteiger partial charge on any atom is -0.477 e. The summed E-state index contributed by atoms with van der Waals surface area (Å²) in [6, 6.07) is 3.25. The van der Waals surface area contributed by atoms with E-state index >= 15 is 0 Å². The monoisotopic (exact) mass is 275 g/mol. The Balaban J connectivity index is 0.00000128. The van der Waals surface area contributed by atoms with Crippen LogP contribution in [-0.2, 0) is 0 Å². The maximum Gasteiger partial charge on any atom is 0.354 e. The molecule has 2 heterocycles. The Morgan fingerprint density at radius 1 is 1.29 bits per heavy atom. The molecule has 0 radical (unpaired) electrons. The van der Waals surface area contributed by atoms with Gasteiger partial charge in [0.15, 0.2) is 0 Å². The fraction of sp³-hybridized carbons (Fsp3) is 0.100. The first kappa shape index (κ1) is 15.4. The highest BCUT2D eigenvalue weighted by Gasteiger charge is 2.06. The van der Waals surface area contributed by atoms with Crippen molar-refractivity contribution in [3.05, 3.63) is 42.2 Å². The van der Waals surface area contributed by atoms with E-state index in [1.54, 1.807) is 23.0 Å². The first-order chi connectivity index (χ1) is 7.18. The molecule has 0 amide bonds. The van der Waals surface area contributed by atoms with Crippen LogP contribution in [0.5, 0.6) is 0 Å². The van der Waals surface area contributed by atoms with Gasteiger partial charge in [0.25, 0.3) is 0 Å². The molecule has 1 N–H and O–H groups in total. The average Bonchev–Trinajstić information content (AvgIpc) is 2.64. The number of rotatable bonds is 2. The molecule has 0 spiro atoms. The fourth-order valence-electron chi connectivity index (χ4n) is 1.34. The second-order valence-corrected chi connectivity index (χ2v) is 3.05. The summed E-state index contributed by atoms with van der Waals surface area (Å²) in [6.45, 7) is 1.85. The van der Waals surface area contributed by atoms with Gasteiger partial charge in [0.05, 0.1) is 5.69 Å². The summed E-state index contributed by atoms with van der Waals surface area (Å²) in [5.74, 6) is -0.229. The van der Waals surface area contributed by atoms with Crippen LogP contribution in [0.2, 0.25) is 0 Å². The van der Waals surface area contributed by atoms with Crippen LogP contribution in [0.15, 0.2) is 30.7 Å². The molecule has 0 saturated carbocycles. The third kappa shape index (κ3) is 3.18. The molecule has 17 heavy (non-hydrogen) atoms. The highest BCUT2D eigenvalue weighted by molar-refractivity contribution is 5.86. The van der Waals surface area contributed by atoms with E-state index in [0.717, 1.165) is 11.5 Å². The Morgan fingerprint density at radius 3 is 2.53 bits per heavy atom. The average molecular weight is 276 g/mol. The van der Waals surface area contributed by atoms with Crippen molar-refractivity contribution < 1.29 is 9.90 Å². The number of aryl methyl sites for hydroxylation is 1. The molecule has 92 valence electrons. The number of carboxylic acids is 1. The minimum atomic E-state index is -1.03. The second kappa shape index (κ2) is 6.22. The van der Waals surface area contributed by atoms with Crippen molar-refractivity contribution in [3.63, 3.8) is 0 Å². The summed E-state index contributed by atoms with van der Waals surface area (Å²) in [6.07, 6.45) is 4.91. The first-order valence-corrected chi connectivity index (χ1v) is 4.38. The summed E-state index contributed by atoms with van der Waals surface area (Å²) in [5, 5.41) is 8.79. The van der Waals surface area contributed by atoms with Gasteiger partial charge in [-0.2, -0.15) is 0 Å². The molecular formula is C10H11Cl2N3O2. The highest BCUT2D eigenvalue weighted by Crippen LogP contribution is 2.10. The highest BCUT2D eigenvalue weighted by atomic mass is 35.5. The lowest BCUT2D eigenvalue weighted by molar-refractivity contribution is 0.0690. The molecule has 2 aromatic rings. The summed E-state index contributed by atoms with van der Waals surface area (Å²) in [5.41, 5.74) is 0.776. The van der Waals surface area contributed by atoms with E-state index in [4.69, 9.17) is 5.11 Å². The largest absolute Gasteiger partial charge is 0.477 e. The normalized spacial score (nSPS) is 9.00. The number of carboxylic acid groups (broad SMARTS) is 1. The molecule has 0 atom stereocenters. The molecular weight excluding hydrogens is 265 g/mol. The first-order valence-electron chi connectivity index (χ1n) is 4.38. The van der Waals surface area contributed by atoms with Crippen LogP contribution in [0, 0.1) is 6.92 Å². The number of nitrogens with zero attached hydrogens (tertiary/aromatic N) is 3. The molecule has 5 nitrogen and oxygen atoms in total. The lowest BCUT2D eigenvalue weighted by Gasteiger charge is -2.04. The lowest BCUT2D eigenvalue weighted by atomic mass is 10.3. The topological polar surface area (TPSA) is 68.0 Å². The third-order valence-corrected chi connectivity index (χ3v) is 2.07. The Bertz CT molecular complexity index is 514. The number of pyridine rings is 1. The van der Waals surface area contributed by atoms with Gasteiger partial charge < -0.3 is 9.67 Å². The SMILES string of the molecule is Cc1nccn1-c1ccnc(C(=O)O)c1.Cl.Cl. The van der Waals surface area contributed by atoms with Crippen LogP contribution in [0.1, 0.15) is 16.3 Å². The van der Waals surface area contributed by atoms with Crippen molar-refractivity contribution in [2.24, 2.45) is 0 Å². The predicted octanol–water partition coefficient (Wildman–Crippen LogP) is 2.12. The number of aromatic nitrogens is 3. The molecule has 2 aromatic heterocycles. The van der Waals surface area contributed by atoms with Gasteiger partial charge in [-0.3, -0.25) is 0 Å². The number of imidazole rings is 1. The Hall–Kier alpha value is -1.59. The van der Waals surface area contributed by atoms with Crippen molar-refractivity contribution in [3.8, 4) is 5.69 Å². The fourth-order valence-corrected chi connectivity index (χ4v) is 1.34. The Labute approximate surface area is 110 Å². The molecule has 0 fully saturated rings. The number of halogens is 2. The minimum absolute atomic E-state index is 0. The number of hydrogen-bond acceptors (Lipinski definition) is 3. The van der Waals surface area contributed by atoms with E-state index in [2.05, 4.69) is 9.97 Å². The zero-order valence-electron chi connectivity index (χ0n) is 8.90. The zero-order chi connectivity index (χ0) is 10.8.